The van der Waals surface area contributed by atoms with Crippen LogP contribution in [0.5, 0.6) is 0 Å². The number of aromatic nitrogens is 3. The largest absolute Gasteiger partial charge is 0.357 e. The predicted molar refractivity (Wildman–Crippen MR) is 99.3 cm³/mol. The van der Waals surface area contributed by atoms with Gasteiger partial charge in [0, 0.05) is 31.7 Å². The quantitative estimate of drug-likeness (QED) is 0.577. The number of rotatable bonds is 8. The Labute approximate surface area is 144 Å². The monoisotopic (exact) mass is 330 g/mol. The van der Waals surface area contributed by atoms with Crippen molar-refractivity contribution in [3.8, 4) is 0 Å². The van der Waals surface area contributed by atoms with E-state index in [1.54, 1.807) is 0 Å². The fraction of sp³-hybridized carbons (Fsp3) is 0.611. The van der Waals surface area contributed by atoms with Gasteiger partial charge in [0.25, 0.3) is 0 Å². The van der Waals surface area contributed by atoms with Crippen LogP contribution in [0.2, 0.25) is 0 Å². The molecule has 0 amide bonds. The highest BCUT2D eigenvalue weighted by Crippen LogP contribution is 2.06. The summed E-state index contributed by atoms with van der Waals surface area (Å²) < 4.78 is 2.02. The maximum Gasteiger partial charge on any atom is 0.191 e. The highest BCUT2D eigenvalue weighted by molar-refractivity contribution is 5.80. The van der Waals surface area contributed by atoms with Gasteiger partial charge in [-0.2, -0.15) is 0 Å². The number of hydrogen-bond acceptors (Lipinski definition) is 3. The summed E-state index contributed by atoms with van der Waals surface area (Å²) in [6.45, 7) is 10.4. The SMILES string of the molecule is CCNC(=NCCc1nnc2ccccn12)NC(C)CCC(C)C. The highest BCUT2D eigenvalue weighted by atomic mass is 15.2. The molecule has 0 aromatic carbocycles. The maximum atomic E-state index is 4.68. The molecule has 6 heteroatoms. The molecular formula is C18H30N6. The van der Waals surface area contributed by atoms with E-state index in [1.807, 2.05) is 28.8 Å². The molecule has 132 valence electrons. The molecule has 0 spiro atoms. The van der Waals surface area contributed by atoms with Crippen molar-refractivity contribution in [3.63, 3.8) is 0 Å². The van der Waals surface area contributed by atoms with Crippen LogP contribution in [0.3, 0.4) is 0 Å². The minimum atomic E-state index is 0.416. The van der Waals surface area contributed by atoms with Crippen LogP contribution in [0.4, 0.5) is 0 Å². The number of guanidine groups is 1. The van der Waals surface area contributed by atoms with E-state index >= 15 is 0 Å². The van der Waals surface area contributed by atoms with Crippen LogP contribution in [0.25, 0.3) is 5.65 Å². The second-order valence-electron chi connectivity index (χ2n) is 6.57. The summed E-state index contributed by atoms with van der Waals surface area (Å²) in [6, 6.07) is 6.34. The summed E-state index contributed by atoms with van der Waals surface area (Å²) in [4.78, 5) is 4.68. The second kappa shape index (κ2) is 9.25. The third-order valence-corrected chi connectivity index (χ3v) is 3.89. The molecule has 0 aliphatic rings. The van der Waals surface area contributed by atoms with E-state index in [2.05, 4.69) is 53.5 Å². The van der Waals surface area contributed by atoms with Gasteiger partial charge in [-0.1, -0.05) is 19.9 Å². The molecule has 1 unspecified atom stereocenters. The molecule has 1 atom stereocenters. The Bertz CT molecular complexity index is 646. The lowest BCUT2D eigenvalue weighted by Gasteiger charge is -2.18. The van der Waals surface area contributed by atoms with Crippen molar-refractivity contribution in [2.24, 2.45) is 10.9 Å². The molecule has 24 heavy (non-hydrogen) atoms. The van der Waals surface area contributed by atoms with E-state index in [-0.39, 0.29) is 0 Å². The van der Waals surface area contributed by atoms with E-state index in [4.69, 9.17) is 0 Å². The first-order valence-electron chi connectivity index (χ1n) is 8.93. The van der Waals surface area contributed by atoms with Crippen molar-refractivity contribution < 1.29 is 0 Å². The predicted octanol–water partition coefficient (Wildman–Crippen LogP) is 2.65. The molecule has 2 aromatic rings. The van der Waals surface area contributed by atoms with Crippen LogP contribution in [-0.2, 0) is 6.42 Å². The molecule has 2 heterocycles. The van der Waals surface area contributed by atoms with Crippen molar-refractivity contribution in [1.82, 2.24) is 25.2 Å². The zero-order valence-electron chi connectivity index (χ0n) is 15.3. The van der Waals surface area contributed by atoms with Gasteiger partial charge in [0.2, 0.25) is 0 Å². The van der Waals surface area contributed by atoms with Crippen molar-refractivity contribution in [1.29, 1.82) is 0 Å². The van der Waals surface area contributed by atoms with Crippen LogP contribution >= 0.6 is 0 Å². The van der Waals surface area contributed by atoms with Crippen molar-refractivity contribution in [2.45, 2.75) is 53.0 Å². The Balaban J connectivity index is 1.90. The Morgan fingerprint density at radius 1 is 1.21 bits per heavy atom. The Kier molecular flexibility index (Phi) is 7.03. The lowest BCUT2D eigenvalue weighted by atomic mass is 10.0. The molecular weight excluding hydrogens is 300 g/mol. The van der Waals surface area contributed by atoms with Gasteiger partial charge in [0.05, 0.1) is 0 Å². The van der Waals surface area contributed by atoms with Crippen LogP contribution < -0.4 is 10.6 Å². The van der Waals surface area contributed by atoms with E-state index < -0.39 is 0 Å². The lowest BCUT2D eigenvalue weighted by Crippen LogP contribution is -2.42. The van der Waals surface area contributed by atoms with E-state index in [1.165, 1.54) is 6.42 Å². The Hall–Kier alpha value is -2.11. The first-order chi connectivity index (χ1) is 11.6. The number of pyridine rings is 1. The van der Waals surface area contributed by atoms with Crippen LogP contribution in [0, 0.1) is 5.92 Å². The van der Waals surface area contributed by atoms with E-state index in [0.29, 0.717) is 12.6 Å². The highest BCUT2D eigenvalue weighted by Gasteiger charge is 2.07. The smallest absolute Gasteiger partial charge is 0.191 e. The molecule has 2 rings (SSSR count). The maximum absolute atomic E-state index is 4.68. The van der Waals surface area contributed by atoms with Crippen LogP contribution in [-0.4, -0.2) is 39.7 Å². The molecule has 0 aliphatic heterocycles. The summed E-state index contributed by atoms with van der Waals surface area (Å²) in [7, 11) is 0. The van der Waals surface area contributed by atoms with Gasteiger partial charge in [-0.15, -0.1) is 10.2 Å². The molecule has 0 fully saturated rings. The minimum Gasteiger partial charge on any atom is -0.357 e. The number of nitrogens with zero attached hydrogens (tertiary/aromatic N) is 4. The molecule has 6 nitrogen and oxygen atoms in total. The second-order valence-corrected chi connectivity index (χ2v) is 6.57. The first kappa shape index (κ1) is 18.2. The number of fused-ring (bicyclic) bond motifs is 1. The zero-order valence-corrected chi connectivity index (χ0v) is 15.3. The first-order valence-corrected chi connectivity index (χ1v) is 8.93. The van der Waals surface area contributed by atoms with E-state index in [9.17, 15) is 0 Å². The molecule has 2 N–H and O–H groups in total. The van der Waals surface area contributed by atoms with E-state index in [0.717, 1.165) is 42.7 Å². The fourth-order valence-electron chi connectivity index (χ4n) is 2.54. The molecule has 0 radical (unpaired) electrons. The van der Waals surface area contributed by atoms with Crippen molar-refractivity contribution in [3.05, 3.63) is 30.2 Å². The average Bonchev–Trinajstić information content (AvgIpc) is 2.96. The van der Waals surface area contributed by atoms with Crippen LogP contribution in [0.1, 0.15) is 46.4 Å². The number of hydrogen-bond donors (Lipinski definition) is 2. The van der Waals surface area contributed by atoms with Gasteiger partial charge in [-0.3, -0.25) is 9.39 Å². The third-order valence-electron chi connectivity index (χ3n) is 3.89. The summed E-state index contributed by atoms with van der Waals surface area (Å²) in [5.74, 6) is 2.55. The standard InChI is InChI=1S/C18H30N6/c1-5-19-18(21-15(4)10-9-14(2)3)20-12-11-17-23-22-16-8-6-7-13-24(16)17/h6-8,13-15H,5,9-12H2,1-4H3,(H2,19,20,21). The van der Waals surface area contributed by atoms with Gasteiger partial charge >= 0.3 is 0 Å². The summed E-state index contributed by atoms with van der Waals surface area (Å²) >= 11 is 0. The average molecular weight is 330 g/mol. The normalized spacial score (nSPS) is 13.5. The number of nitrogens with one attached hydrogen (secondary N) is 2. The third kappa shape index (κ3) is 5.51. The van der Waals surface area contributed by atoms with Gasteiger partial charge in [-0.25, -0.2) is 0 Å². The Morgan fingerprint density at radius 3 is 2.79 bits per heavy atom. The zero-order chi connectivity index (χ0) is 17.4. The van der Waals surface area contributed by atoms with Gasteiger partial charge in [0.15, 0.2) is 11.6 Å². The van der Waals surface area contributed by atoms with Gasteiger partial charge in [0.1, 0.15) is 5.82 Å². The minimum absolute atomic E-state index is 0.416. The molecule has 0 aliphatic carbocycles. The molecule has 0 saturated carbocycles. The molecule has 0 saturated heterocycles. The van der Waals surface area contributed by atoms with Crippen molar-refractivity contribution in [2.75, 3.05) is 13.1 Å². The fourth-order valence-corrected chi connectivity index (χ4v) is 2.54. The summed E-state index contributed by atoms with van der Waals surface area (Å²) in [6.07, 6.45) is 5.13. The van der Waals surface area contributed by atoms with Crippen LogP contribution in [0.15, 0.2) is 29.4 Å². The summed E-state index contributed by atoms with van der Waals surface area (Å²) in [5, 5.41) is 15.2. The topological polar surface area (TPSA) is 66.6 Å². The van der Waals surface area contributed by atoms with Gasteiger partial charge in [-0.05, 0) is 44.7 Å². The van der Waals surface area contributed by atoms with Gasteiger partial charge < -0.3 is 10.6 Å². The van der Waals surface area contributed by atoms with Crippen molar-refractivity contribution >= 4 is 11.6 Å². The lowest BCUT2D eigenvalue weighted by molar-refractivity contribution is 0.489. The molecule has 0 bridgehead atoms. The summed E-state index contributed by atoms with van der Waals surface area (Å²) in [5.41, 5.74) is 0.879. The Morgan fingerprint density at radius 2 is 2.04 bits per heavy atom. The molecule has 2 aromatic heterocycles. The number of aliphatic imine (C=N–C) groups is 1.